The Morgan fingerprint density at radius 3 is 2.64 bits per heavy atom. The second kappa shape index (κ2) is 6.43. The topological polar surface area (TPSA) is 66.3 Å². The number of aromatic amines is 1. The first-order chi connectivity index (χ1) is 12.2. The molecule has 3 aromatic rings. The molecule has 0 bridgehead atoms. The fraction of sp³-hybridized carbons (Fsp3) is 0.200. The highest BCUT2D eigenvalue weighted by molar-refractivity contribution is 5.94. The first-order valence-corrected chi connectivity index (χ1v) is 8.37. The molecular formula is C20H18N2O3. The maximum atomic E-state index is 12.9. The highest BCUT2D eigenvalue weighted by Crippen LogP contribution is 2.32. The number of nitrogens with one attached hydrogen (secondary N) is 1. The molecule has 1 amide bonds. The van der Waals surface area contributed by atoms with Crippen LogP contribution >= 0.6 is 0 Å². The molecule has 25 heavy (non-hydrogen) atoms. The Morgan fingerprint density at radius 1 is 1.08 bits per heavy atom. The Bertz CT molecular complexity index is 929. The predicted molar refractivity (Wildman–Crippen MR) is 94.2 cm³/mol. The molecule has 4 rings (SSSR count). The minimum atomic E-state index is -0.391. The van der Waals surface area contributed by atoms with Crippen molar-refractivity contribution in [3.63, 3.8) is 0 Å². The van der Waals surface area contributed by atoms with E-state index < -0.39 is 5.56 Å². The van der Waals surface area contributed by atoms with E-state index in [9.17, 15) is 9.59 Å². The number of aromatic nitrogens is 1. The Kier molecular flexibility index (Phi) is 3.98. The molecule has 0 aliphatic carbocycles. The van der Waals surface area contributed by atoms with Crippen LogP contribution in [0.15, 0.2) is 70.1 Å². The quantitative estimate of drug-likeness (QED) is 0.795. The van der Waals surface area contributed by atoms with Crippen molar-refractivity contribution in [1.29, 1.82) is 0 Å². The van der Waals surface area contributed by atoms with Gasteiger partial charge >= 0.3 is 0 Å². The van der Waals surface area contributed by atoms with Gasteiger partial charge in [0.25, 0.3) is 11.5 Å². The molecule has 1 aromatic carbocycles. The lowest BCUT2D eigenvalue weighted by atomic mass is 10.0. The molecule has 1 aliphatic heterocycles. The first kappa shape index (κ1) is 15.4. The number of rotatable bonds is 3. The molecule has 5 nitrogen and oxygen atoms in total. The van der Waals surface area contributed by atoms with Gasteiger partial charge in [0.05, 0.1) is 18.0 Å². The van der Waals surface area contributed by atoms with Crippen LogP contribution in [-0.2, 0) is 0 Å². The Balaban J connectivity index is 1.63. The van der Waals surface area contributed by atoms with Gasteiger partial charge in [0, 0.05) is 6.54 Å². The molecule has 0 radical (unpaired) electrons. The number of amides is 1. The summed E-state index contributed by atoms with van der Waals surface area (Å²) in [6.07, 6.45) is 3.40. The second-order valence-electron chi connectivity index (χ2n) is 6.16. The minimum absolute atomic E-state index is 0.0258. The van der Waals surface area contributed by atoms with Crippen LogP contribution in [0.5, 0.6) is 0 Å². The SMILES string of the molecule is O=C(c1ccc(-c2ccco2)[nH]c1=O)N1CCC[C@@H]1c1ccccc1. The molecular weight excluding hydrogens is 316 g/mol. The van der Waals surface area contributed by atoms with E-state index in [1.807, 2.05) is 30.3 Å². The van der Waals surface area contributed by atoms with Gasteiger partial charge < -0.3 is 14.3 Å². The summed E-state index contributed by atoms with van der Waals surface area (Å²) < 4.78 is 5.28. The van der Waals surface area contributed by atoms with E-state index in [0.29, 0.717) is 18.0 Å². The molecule has 5 heteroatoms. The van der Waals surface area contributed by atoms with Gasteiger partial charge in [-0.15, -0.1) is 0 Å². The third-order valence-electron chi connectivity index (χ3n) is 4.62. The third kappa shape index (κ3) is 2.89. The van der Waals surface area contributed by atoms with Crippen molar-refractivity contribution >= 4 is 5.91 Å². The number of carbonyl (C=O) groups is 1. The average Bonchev–Trinajstić information content (AvgIpc) is 3.33. The van der Waals surface area contributed by atoms with Crippen molar-refractivity contribution in [1.82, 2.24) is 9.88 Å². The summed E-state index contributed by atoms with van der Waals surface area (Å²) in [5.41, 5.74) is 1.44. The van der Waals surface area contributed by atoms with E-state index in [4.69, 9.17) is 4.42 Å². The van der Waals surface area contributed by atoms with Crippen molar-refractivity contribution in [3.8, 4) is 11.5 Å². The van der Waals surface area contributed by atoms with E-state index in [1.54, 1.807) is 35.4 Å². The van der Waals surface area contributed by atoms with Crippen LogP contribution in [0.2, 0.25) is 0 Å². The van der Waals surface area contributed by atoms with Gasteiger partial charge in [-0.05, 0) is 42.7 Å². The molecule has 3 heterocycles. The van der Waals surface area contributed by atoms with Gasteiger partial charge in [0.15, 0.2) is 0 Å². The summed E-state index contributed by atoms with van der Waals surface area (Å²) in [7, 11) is 0. The van der Waals surface area contributed by atoms with E-state index in [2.05, 4.69) is 4.98 Å². The summed E-state index contributed by atoms with van der Waals surface area (Å²) in [6.45, 7) is 0.664. The molecule has 0 unspecified atom stereocenters. The van der Waals surface area contributed by atoms with Crippen molar-refractivity contribution in [3.05, 3.63) is 82.3 Å². The molecule has 2 aromatic heterocycles. The summed E-state index contributed by atoms with van der Waals surface area (Å²) in [6, 6.07) is 16.8. The Morgan fingerprint density at radius 2 is 1.92 bits per heavy atom. The van der Waals surface area contributed by atoms with Crippen molar-refractivity contribution in [2.24, 2.45) is 0 Å². The van der Waals surface area contributed by atoms with Crippen LogP contribution in [0.25, 0.3) is 11.5 Å². The van der Waals surface area contributed by atoms with Gasteiger partial charge in [0.2, 0.25) is 0 Å². The van der Waals surface area contributed by atoms with Crippen molar-refractivity contribution in [2.45, 2.75) is 18.9 Å². The standard InChI is InChI=1S/C20H18N2O3/c23-19-15(10-11-16(21-19)18-9-5-13-25-18)20(24)22-12-4-8-17(22)14-6-2-1-3-7-14/h1-3,5-7,9-11,13,17H,4,8,12H2,(H,21,23)/t17-/m1/s1. The van der Waals surface area contributed by atoms with Gasteiger partial charge in [-0.25, -0.2) is 0 Å². The van der Waals surface area contributed by atoms with Gasteiger partial charge in [-0.2, -0.15) is 0 Å². The summed E-state index contributed by atoms with van der Waals surface area (Å²) in [5.74, 6) is 0.345. The zero-order valence-electron chi connectivity index (χ0n) is 13.6. The first-order valence-electron chi connectivity index (χ1n) is 8.37. The molecule has 1 saturated heterocycles. The number of benzene rings is 1. The zero-order valence-corrected chi connectivity index (χ0v) is 13.6. The Hall–Kier alpha value is -3.08. The Labute approximate surface area is 144 Å². The van der Waals surface area contributed by atoms with Crippen molar-refractivity contribution in [2.75, 3.05) is 6.54 Å². The highest BCUT2D eigenvalue weighted by Gasteiger charge is 2.31. The van der Waals surface area contributed by atoms with Crippen LogP contribution in [0, 0.1) is 0 Å². The van der Waals surface area contributed by atoms with Crippen molar-refractivity contribution < 1.29 is 9.21 Å². The van der Waals surface area contributed by atoms with Crippen LogP contribution in [0.3, 0.4) is 0 Å². The highest BCUT2D eigenvalue weighted by atomic mass is 16.3. The zero-order chi connectivity index (χ0) is 17.2. The monoisotopic (exact) mass is 334 g/mol. The lowest BCUT2D eigenvalue weighted by Crippen LogP contribution is -2.34. The lowest BCUT2D eigenvalue weighted by Gasteiger charge is -2.25. The number of H-pyrrole nitrogens is 1. The van der Waals surface area contributed by atoms with E-state index in [-0.39, 0.29) is 17.5 Å². The number of hydrogen-bond donors (Lipinski definition) is 1. The molecule has 126 valence electrons. The maximum absolute atomic E-state index is 12.9. The van der Waals surface area contributed by atoms with Gasteiger partial charge in [-0.3, -0.25) is 9.59 Å². The van der Waals surface area contributed by atoms with Crippen LogP contribution in [0.1, 0.15) is 34.8 Å². The molecule has 0 saturated carbocycles. The minimum Gasteiger partial charge on any atom is -0.463 e. The molecule has 0 spiro atoms. The number of furan rings is 1. The van der Waals surface area contributed by atoms with E-state index in [1.165, 1.54) is 0 Å². The number of hydrogen-bond acceptors (Lipinski definition) is 3. The number of likely N-dealkylation sites (tertiary alicyclic amines) is 1. The lowest BCUT2D eigenvalue weighted by molar-refractivity contribution is 0.0734. The molecule has 1 fully saturated rings. The summed E-state index contributed by atoms with van der Waals surface area (Å²) in [5, 5.41) is 0. The molecule has 1 atom stereocenters. The third-order valence-corrected chi connectivity index (χ3v) is 4.62. The van der Waals surface area contributed by atoms with E-state index >= 15 is 0 Å². The fourth-order valence-electron chi connectivity index (χ4n) is 3.40. The summed E-state index contributed by atoms with van der Waals surface area (Å²) in [4.78, 5) is 29.9. The predicted octanol–water partition coefficient (Wildman–Crippen LogP) is 3.61. The largest absolute Gasteiger partial charge is 0.463 e. The van der Waals surface area contributed by atoms with Crippen LogP contribution < -0.4 is 5.56 Å². The maximum Gasteiger partial charge on any atom is 0.261 e. The normalized spacial score (nSPS) is 17.0. The molecule has 1 N–H and O–H groups in total. The van der Waals surface area contributed by atoms with Crippen LogP contribution in [0.4, 0.5) is 0 Å². The van der Waals surface area contributed by atoms with Gasteiger partial charge in [-0.1, -0.05) is 30.3 Å². The second-order valence-corrected chi connectivity index (χ2v) is 6.16. The number of nitrogens with zero attached hydrogens (tertiary/aromatic N) is 1. The average molecular weight is 334 g/mol. The smallest absolute Gasteiger partial charge is 0.261 e. The number of carbonyl (C=O) groups excluding carboxylic acids is 1. The number of pyridine rings is 1. The fourth-order valence-corrected chi connectivity index (χ4v) is 3.40. The molecule has 1 aliphatic rings. The summed E-state index contributed by atoms with van der Waals surface area (Å²) >= 11 is 0. The van der Waals surface area contributed by atoms with Crippen LogP contribution in [-0.4, -0.2) is 22.3 Å². The van der Waals surface area contributed by atoms with E-state index in [0.717, 1.165) is 18.4 Å². The van der Waals surface area contributed by atoms with Gasteiger partial charge in [0.1, 0.15) is 11.3 Å².